The number of aliphatic carboxylic acids is 1. The summed E-state index contributed by atoms with van der Waals surface area (Å²) in [4.78, 5) is 13.6. The van der Waals surface area contributed by atoms with Gasteiger partial charge in [0.15, 0.2) is 0 Å². The lowest BCUT2D eigenvalue weighted by Gasteiger charge is -2.12. The van der Waals surface area contributed by atoms with E-state index in [1.807, 2.05) is 0 Å². The molecule has 0 saturated heterocycles. The monoisotopic (exact) mass is 243 g/mol. The molecule has 1 aliphatic rings. The maximum Gasteiger partial charge on any atom is 0.304 e. The largest absolute Gasteiger partial charge is 0.481 e. The minimum atomic E-state index is -2.65. The summed E-state index contributed by atoms with van der Waals surface area (Å²) in [5.74, 6) is -2.42. The van der Waals surface area contributed by atoms with Crippen molar-refractivity contribution in [2.75, 3.05) is 0 Å². The molecule has 0 spiro atoms. The van der Waals surface area contributed by atoms with Crippen molar-refractivity contribution in [3.05, 3.63) is 23.0 Å². The average molecular weight is 243 g/mol. The molecule has 3 nitrogen and oxygen atoms in total. The highest BCUT2D eigenvalue weighted by Crippen LogP contribution is 2.30. The van der Waals surface area contributed by atoms with Gasteiger partial charge in [-0.05, 0) is 37.3 Å². The minimum Gasteiger partial charge on any atom is -0.481 e. The molecule has 2 rings (SSSR count). The van der Waals surface area contributed by atoms with Crippen LogP contribution in [0.5, 0.6) is 0 Å². The van der Waals surface area contributed by atoms with Crippen molar-refractivity contribution in [2.24, 2.45) is 0 Å². The van der Waals surface area contributed by atoms with Gasteiger partial charge < -0.3 is 10.1 Å². The molecule has 0 radical (unpaired) electrons. The van der Waals surface area contributed by atoms with E-state index >= 15 is 0 Å². The molecule has 1 aromatic heterocycles. The number of hydrogen-bond donors (Lipinski definition) is 2. The van der Waals surface area contributed by atoms with Gasteiger partial charge >= 0.3 is 5.97 Å². The van der Waals surface area contributed by atoms with E-state index in [0.29, 0.717) is 5.69 Å². The van der Waals surface area contributed by atoms with E-state index in [1.165, 1.54) is 0 Å². The van der Waals surface area contributed by atoms with E-state index in [9.17, 15) is 13.6 Å². The summed E-state index contributed by atoms with van der Waals surface area (Å²) in [6.07, 6.45) is 0.726. The molecule has 0 fully saturated rings. The third-order valence-corrected chi connectivity index (χ3v) is 3.23. The Bertz CT molecular complexity index is 391. The molecule has 5 heteroatoms. The lowest BCUT2D eigenvalue weighted by atomic mass is 9.97. The number of nitrogens with one attached hydrogen (secondary N) is 1. The second kappa shape index (κ2) is 4.85. The number of halogens is 2. The zero-order valence-electron chi connectivity index (χ0n) is 9.38. The van der Waals surface area contributed by atoms with E-state index in [0.717, 1.165) is 36.9 Å². The first-order chi connectivity index (χ1) is 8.08. The number of fused-ring (bicyclic) bond motifs is 1. The summed E-state index contributed by atoms with van der Waals surface area (Å²) < 4.78 is 25.7. The molecule has 0 aliphatic heterocycles. The van der Waals surface area contributed by atoms with Crippen LogP contribution in [0.15, 0.2) is 6.07 Å². The van der Waals surface area contributed by atoms with Crippen LogP contribution in [0.3, 0.4) is 0 Å². The highest BCUT2D eigenvalue weighted by Gasteiger charge is 2.28. The Kier molecular flexibility index (Phi) is 3.45. The van der Waals surface area contributed by atoms with Crippen molar-refractivity contribution in [3.63, 3.8) is 0 Å². The van der Waals surface area contributed by atoms with Crippen LogP contribution in [0.1, 0.15) is 42.1 Å². The third-order valence-electron chi connectivity index (χ3n) is 3.23. The molecule has 1 atom stereocenters. The Morgan fingerprint density at radius 2 is 2.12 bits per heavy atom. The quantitative estimate of drug-likeness (QED) is 0.854. The van der Waals surface area contributed by atoms with Crippen LogP contribution in [0, 0.1) is 0 Å². The molecule has 0 bridgehead atoms. The van der Waals surface area contributed by atoms with Crippen molar-refractivity contribution in [1.29, 1.82) is 0 Å². The maximum absolute atomic E-state index is 12.8. The second-order valence-electron chi connectivity index (χ2n) is 4.47. The second-order valence-corrected chi connectivity index (χ2v) is 4.47. The van der Waals surface area contributed by atoms with E-state index in [4.69, 9.17) is 5.11 Å². The number of aromatic amines is 1. The van der Waals surface area contributed by atoms with Gasteiger partial charge in [0.05, 0.1) is 12.3 Å². The van der Waals surface area contributed by atoms with Crippen LogP contribution in [-0.4, -0.2) is 22.5 Å². The van der Waals surface area contributed by atoms with Gasteiger partial charge in [0.2, 0.25) is 6.43 Å². The first-order valence-corrected chi connectivity index (χ1v) is 5.78. The molecule has 0 aromatic carbocycles. The normalized spacial score (nSPS) is 16.9. The molecule has 1 unspecified atom stereocenters. The molecule has 1 heterocycles. The fourth-order valence-corrected chi connectivity index (χ4v) is 2.35. The summed E-state index contributed by atoms with van der Waals surface area (Å²) in [5, 5.41) is 8.65. The van der Waals surface area contributed by atoms with Crippen LogP contribution < -0.4 is 0 Å². The van der Waals surface area contributed by atoms with Crippen molar-refractivity contribution >= 4 is 5.97 Å². The Morgan fingerprint density at radius 3 is 2.71 bits per heavy atom. The number of aryl methyl sites for hydroxylation is 2. The first-order valence-electron chi connectivity index (χ1n) is 5.78. The molecule has 17 heavy (non-hydrogen) atoms. The van der Waals surface area contributed by atoms with Gasteiger partial charge in [0.25, 0.3) is 0 Å². The SMILES string of the molecule is O=C(O)CC(c1cc2c([nH]1)CCCC2)C(F)F. The van der Waals surface area contributed by atoms with Crippen LogP contribution in [0.4, 0.5) is 8.78 Å². The smallest absolute Gasteiger partial charge is 0.304 e. The summed E-state index contributed by atoms with van der Waals surface area (Å²) in [5.41, 5.74) is 2.44. The molecule has 94 valence electrons. The fraction of sp³-hybridized carbons (Fsp3) is 0.583. The van der Waals surface area contributed by atoms with E-state index < -0.39 is 24.7 Å². The third kappa shape index (κ3) is 2.65. The highest BCUT2D eigenvalue weighted by molar-refractivity contribution is 5.68. The van der Waals surface area contributed by atoms with Crippen molar-refractivity contribution < 1.29 is 18.7 Å². The fourth-order valence-electron chi connectivity index (χ4n) is 2.35. The van der Waals surface area contributed by atoms with Crippen molar-refractivity contribution in [2.45, 2.75) is 44.4 Å². The summed E-state index contributed by atoms with van der Waals surface area (Å²) in [6.45, 7) is 0. The van der Waals surface area contributed by atoms with Gasteiger partial charge in [-0.25, -0.2) is 8.78 Å². The molecule has 0 amide bonds. The number of carboxylic acids is 1. The van der Waals surface area contributed by atoms with Crippen LogP contribution in [0.25, 0.3) is 0 Å². The zero-order chi connectivity index (χ0) is 12.4. The summed E-state index contributed by atoms with van der Waals surface area (Å²) in [7, 11) is 0. The van der Waals surface area contributed by atoms with Gasteiger partial charge in [0, 0.05) is 11.4 Å². The molecule has 1 aromatic rings. The zero-order valence-corrected chi connectivity index (χ0v) is 9.38. The van der Waals surface area contributed by atoms with Gasteiger partial charge in [0.1, 0.15) is 0 Å². The molecular weight excluding hydrogens is 228 g/mol. The van der Waals surface area contributed by atoms with E-state index in [2.05, 4.69) is 4.98 Å². The number of carboxylic acid groups (broad SMARTS) is 1. The molecular formula is C12H15F2NO2. The van der Waals surface area contributed by atoms with Crippen LogP contribution in [-0.2, 0) is 17.6 Å². The van der Waals surface area contributed by atoms with E-state index in [-0.39, 0.29) is 0 Å². The number of aromatic nitrogens is 1. The lowest BCUT2D eigenvalue weighted by Crippen LogP contribution is -2.14. The molecule has 2 N–H and O–H groups in total. The summed E-state index contributed by atoms with van der Waals surface area (Å²) >= 11 is 0. The number of carbonyl (C=O) groups is 1. The Hall–Kier alpha value is -1.39. The average Bonchev–Trinajstić information content (AvgIpc) is 2.68. The van der Waals surface area contributed by atoms with E-state index in [1.54, 1.807) is 6.07 Å². The number of H-pyrrole nitrogens is 1. The van der Waals surface area contributed by atoms with Crippen molar-refractivity contribution in [3.8, 4) is 0 Å². The molecule has 1 aliphatic carbocycles. The Balaban J connectivity index is 2.23. The maximum atomic E-state index is 12.8. The minimum absolute atomic E-state index is 0.370. The standard InChI is InChI=1S/C12H15F2NO2/c13-12(14)8(6-11(16)17)10-5-7-3-1-2-4-9(7)15-10/h5,8,12,15H,1-4,6H2,(H,16,17). The highest BCUT2D eigenvalue weighted by atomic mass is 19.3. The van der Waals surface area contributed by atoms with Crippen LogP contribution in [0.2, 0.25) is 0 Å². The van der Waals surface area contributed by atoms with Gasteiger partial charge in [-0.15, -0.1) is 0 Å². The number of rotatable bonds is 4. The molecule has 0 saturated carbocycles. The summed E-state index contributed by atoms with van der Waals surface area (Å²) in [6, 6.07) is 1.72. The van der Waals surface area contributed by atoms with Crippen molar-refractivity contribution in [1.82, 2.24) is 4.98 Å². The predicted molar refractivity (Wildman–Crippen MR) is 58.4 cm³/mol. The number of hydrogen-bond acceptors (Lipinski definition) is 1. The van der Waals surface area contributed by atoms with Gasteiger partial charge in [-0.3, -0.25) is 4.79 Å². The first kappa shape index (κ1) is 12.1. The predicted octanol–water partition coefficient (Wildman–Crippen LogP) is 2.72. The number of alkyl halides is 2. The topological polar surface area (TPSA) is 53.1 Å². The Morgan fingerprint density at radius 1 is 1.41 bits per heavy atom. The van der Waals surface area contributed by atoms with Gasteiger partial charge in [-0.2, -0.15) is 0 Å². The Labute approximate surface area is 97.8 Å². The van der Waals surface area contributed by atoms with Crippen LogP contribution >= 0.6 is 0 Å². The van der Waals surface area contributed by atoms with Gasteiger partial charge in [-0.1, -0.05) is 0 Å². The lowest BCUT2D eigenvalue weighted by molar-refractivity contribution is -0.138.